The zero-order valence-corrected chi connectivity index (χ0v) is 10.8. The van der Waals surface area contributed by atoms with Crippen molar-refractivity contribution >= 4 is 15.6 Å². The van der Waals surface area contributed by atoms with Crippen LogP contribution in [0, 0.1) is 5.41 Å². The first-order valence-corrected chi connectivity index (χ1v) is 8.02. The lowest BCUT2D eigenvalue weighted by atomic mass is 10.0. The number of ether oxygens (including phenoxy) is 1. The average Bonchev–Trinajstić information content (AvgIpc) is 2.58. The minimum atomic E-state index is -5.04. The van der Waals surface area contributed by atoms with Crippen molar-refractivity contribution in [1.29, 1.82) is 0 Å². The first kappa shape index (κ1) is 13.6. The zero-order chi connectivity index (χ0) is 12.9. The highest BCUT2D eigenvalue weighted by Crippen LogP contribution is 2.60. The second-order valence-corrected chi connectivity index (χ2v) is 7.48. The van der Waals surface area contributed by atoms with E-state index in [4.69, 9.17) is 19.4 Å². The molecular formula is C7H14O8P2. The van der Waals surface area contributed by atoms with Crippen LogP contribution in [0.15, 0.2) is 0 Å². The summed E-state index contributed by atoms with van der Waals surface area (Å²) < 4.78 is 35.1. The van der Waals surface area contributed by atoms with Crippen LogP contribution in [0.5, 0.6) is 0 Å². The summed E-state index contributed by atoms with van der Waals surface area (Å²) in [5.74, 6) is 0. The van der Waals surface area contributed by atoms with Crippen molar-refractivity contribution in [2.45, 2.75) is 32.0 Å². The Morgan fingerprint density at radius 2 is 2.00 bits per heavy atom. The summed E-state index contributed by atoms with van der Waals surface area (Å²) in [5, 5.41) is 0. The molecule has 4 atom stereocenters. The summed E-state index contributed by atoms with van der Waals surface area (Å²) in [4.78, 5) is 25.8. The van der Waals surface area contributed by atoms with E-state index >= 15 is 0 Å². The van der Waals surface area contributed by atoms with Crippen molar-refractivity contribution < 1.29 is 37.4 Å². The van der Waals surface area contributed by atoms with Gasteiger partial charge in [0.05, 0.1) is 18.8 Å². The molecule has 0 aromatic heterocycles. The van der Waals surface area contributed by atoms with Gasteiger partial charge in [0.1, 0.15) is 0 Å². The quantitative estimate of drug-likeness (QED) is 0.634. The van der Waals surface area contributed by atoms with Crippen LogP contribution in [0.25, 0.3) is 0 Å². The fourth-order valence-corrected chi connectivity index (χ4v) is 3.64. The van der Waals surface area contributed by atoms with Crippen molar-refractivity contribution in [2.75, 3.05) is 6.61 Å². The Hall–Kier alpha value is 0.220. The largest absolute Gasteiger partial charge is 0.481 e. The molecule has 0 spiro atoms. The lowest BCUT2D eigenvalue weighted by Gasteiger charge is -2.16. The van der Waals surface area contributed by atoms with Crippen LogP contribution in [-0.4, -0.2) is 33.5 Å². The smallest absolute Gasteiger partial charge is 0.372 e. The summed E-state index contributed by atoms with van der Waals surface area (Å²) in [7, 11) is -9.78. The maximum atomic E-state index is 11.1. The normalized spacial score (nSPS) is 39.8. The molecule has 0 aromatic rings. The molecule has 0 amide bonds. The minimum absolute atomic E-state index is 0.123. The van der Waals surface area contributed by atoms with Crippen molar-refractivity contribution in [3.05, 3.63) is 0 Å². The molecule has 100 valence electrons. The van der Waals surface area contributed by atoms with Crippen molar-refractivity contribution in [2.24, 2.45) is 5.41 Å². The standard InChI is InChI=1S/C7H14O8P2/c1-7-2-5(14-6(7)3-7)4-13-17(11,12)15-16(8,9)10/h5-6H,2-4H2,1H3,(H,11,12)(H2,8,9,10)/t5-,6-,7-/m0/s1. The molecule has 1 saturated heterocycles. The van der Waals surface area contributed by atoms with Crippen LogP contribution >= 0.6 is 15.6 Å². The van der Waals surface area contributed by atoms with E-state index in [-0.39, 0.29) is 24.2 Å². The van der Waals surface area contributed by atoms with Gasteiger partial charge >= 0.3 is 15.6 Å². The molecule has 0 aromatic carbocycles. The van der Waals surface area contributed by atoms with Gasteiger partial charge < -0.3 is 19.4 Å². The number of fused-ring (bicyclic) bond motifs is 1. The Balaban J connectivity index is 1.78. The molecule has 2 rings (SSSR count). The predicted molar refractivity (Wildman–Crippen MR) is 54.9 cm³/mol. The highest BCUT2D eigenvalue weighted by Gasteiger charge is 2.58. The van der Waals surface area contributed by atoms with Crippen molar-refractivity contribution in [3.8, 4) is 0 Å². The third kappa shape index (κ3) is 3.59. The van der Waals surface area contributed by atoms with Gasteiger partial charge in [-0.05, 0) is 18.3 Å². The molecule has 1 aliphatic heterocycles. The molecule has 0 radical (unpaired) electrons. The Morgan fingerprint density at radius 1 is 1.35 bits per heavy atom. The molecular weight excluding hydrogens is 274 g/mol. The Bertz CT molecular complexity index is 405. The Morgan fingerprint density at radius 3 is 2.47 bits per heavy atom. The van der Waals surface area contributed by atoms with E-state index in [0.29, 0.717) is 6.42 Å². The summed E-state index contributed by atoms with van der Waals surface area (Å²) >= 11 is 0. The van der Waals surface area contributed by atoms with Gasteiger partial charge in [0.25, 0.3) is 0 Å². The number of phosphoric ester groups is 1. The molecule has 2 aliphatic rings. The molecule has 1 aliphatic carbocycles. The monoisotopic (exact) mass is 288 g/mol. The maximum Gasteiger partial charge on any atom is 0.481 e. The second kappa shape index (κ2) is 4.11. The summed E-state index contributed by atoms with van der Waals surface area (Å²) in [6.07, 6.45) is 1.50. The van der Waals surface area contributed by atoms with Crippen LogP contribution in [-0.2, 0) is 22.7 Å². The fourth-order valence-electron chi connectivity index (χ4n) is 2.03. The highest BCUT2D eigenvalue weighted by atomic mass is 31.3. The molecule has 1 unspecified atom stereocenters. The number of rotatable bonds is 5. The van der Waals surface area contributed by atoms with Crippen LogP contribution in [0.1, 0.15) is 19.8 Å². The first-order chi connectivity index (χ1) is 7.60. The summed E-state index contributed by atoms with van der Waals surface area (Å²) in [6.45, 7) is 1.82. The highest BCUT2D eigenvalue weighted by molar-refractivity contribution is 7.60. The number of hydrogen-bond acceptors (Lipinski definition) is 5. The van der Waals surface area contributed by atoms with Gasteiger partial charge in [-0.3, -0.25) is 4.52 Å². The topological polar surface area (TPSA) is 123 Å². The fraction of sp³-hybridized carbons (Fsp3) is 1.00. The van der Waals surface area contributed by atoms with E-state index in [1.54, 1.807) is 0 Å². The number of phosphoric acid groups is 2. The van der Waals surface area contributed by atoms with Gasteiger partial charge in [0, 0.05) is 0 Å². The van der Waals surface area contributed by atoms with Gasteiger partial charge in [0.2, 0.25) is 0 Å². The van der Waals surface area contributed by atoms with E-state index in [1.807, 2.05) is 6.92 Å². The van der Waals surface area contributed by atoms with Crippen molar-refractivity contribution in [1.82, 2.24) is 0 Å². The first-order valence-electron chi connectivity index (χ1n) is 4.99. The number of hydrogen-bond donors (Lipinski definition) is 3. The van der Waals surface area contributed by atoms with Crippen LogP contribution < -0.4 is 0 Å². The molecule has 0 bridgehead atoms. The molecule has 3 N–H and O–H groups in total. The zero-order valence-electron chi connectivity index (χ0n) is 9.05. The lowest BCUT2D eigenvalue weighted by Crippen LogP contribution is -2.16. The van der Waals surface area contributed by atoms with E-state index in [2.05, 4.69) is 8.83 Å². The molecule has 10 heteroatoms. The summed E-state index contributed by atoms with van der Waals surface area (Å²) in [6, 6.07) is 0. The van der Waals surface area contributed by atoms with E-state index < -0.39 is 15.6 Å². The van der Waals surface area contributed by atoms with Gasteiger partial charge in [-0.25, -0.2) is 9.13 Å². The third-order valence-corrected chi connectivity index (χ3v) is 5.10. The van der Waals surface area contributed by atoms with E-state index in [9.17, 15) is 9.13 Å². The SMILES string of the molecule is C[C@@]12C[C@@H](COP(=O)(O)OP(=O)(O)O)O[C@H]1C2. The Kier molecular flexibility index (Phi) is 3.30. The predicted octanol–water partition coefficient (Wildman–Crippen LogP) is 0.780. The minimum Gasteiger partial charge on any atom is -0.372 e. The van der Waals surface area contributed by atoms with E-state index in [0.717, 1.165) is 6.42 Å². The third-order valence-electron chi connectivity index (χ3n) is 2.95. The molecule has 17 heavy (non-hydrogen) atoms. The van der Waals surface area contributed by atoms with Gasteiger partial charge in [-0.2, -0.15) is 4.31 Å². The summed E-state index contributed by atoms with van der Waals surface area (Å²) in [5.41, 5.74) is 0.123. The van der Waals surface area contributed by atoms with Crippen molar-refractivity contribution in [3.63, 3.8) is 0 Å². The van der Waals surface area contributed by atoms with Crippen LogP contribution in [0.2, 0.25) is 0 Å². The van der Waals surface area contributed by atoms with Crippen LogP contribution in [0.3, 0.4) is 0 Å². The van der Waals surface area contributed by atoms with Gasteiger partial charge in [0.15, 0.2) is 0 Å². The van der Waals surface area contributed by atoms with Gasteiger partial charge in [-0.1, -0.05) is 6.92 Å². The van der Waals surface area contributed by atoms with Gasteiger partial charge in [-0.15, -0.1) is 0 Å². The molecule has 1 heterocycles. The molecule has 8 nitrogen and oxygen atoms in total. The lowest BCUT2D eigenvalue weighted by molar-refractivity contribution is 0.0283. The Labute approximate surface area is 97.7 Å². The molecule has 1 saturated carbocycles. The van der Waals surface area contributed by atoms with Crippen LogP contribution in [0.4, 0.5) is 0 Å². The maximum absolute atomic E-state index is 11.1. The van der Waals surface area contributed by atoms with E-state index in [1.165, 1.54) is 0 Å². The average molecular weight is 288 g/mol. The second-order valence-electron chi connectivity index (χ2n) is 4.65. The molecule has 2 fully saturated rings.